The molecular weight excluding hydrogens is 218 g/mol. The highest BCUT2D eigenvalue weighted by molar-refractivity contribution is 5.75. The van der Waals surface area contributed by atoms with Crippen molar-refractivity contribution in [1.82, 2.24) is 5.32 Å². The Bertz CT molecular complexity index is 237. The fourth-order valence-corrected chi connectivity index (χ4v) is 2.57. The van der Waals surface area contributed by atoms with E-state index in [0.29, 0.717) is 0 Å². The van der Waals surface area contributed by atoms with Crippen molar-refractivity contribution in [3.8, 4) is 0 Å². The van der Waals surface area contributed by atoms with Crippen molar-refractivity contribution in [3.05, 3.63) is 0 Å². The van der Waals surface area contributed by atoms with Crippen molar-refractivity contribution < 1.29 is 14.6 Å². The predicted molar refractivity (Wildman–Crippen MR) is 66.7 cm³/mol. The predicted octanol–water partition coefficient (Wildman–Crippen LogP) is 1.61. The summed E-state index contributed by atoms with van der Waals surface area (Å²) in [5.74, 6) is -0.210. The number of aliphatic hydroxyl groups excluding tert-OH is 1. The van der Waals surface area contributed by atoms with Crippen LogP contribution in [0.1, 0.15) is 51.9 Å². The third-order valence-corrected chi connectivity index (χ3v) is 3.68. The topological polar surface area (TPSA) is 58.6 Å². The van der Waals surface area contributed by atoms with Crippen molar-refractivity contribution in [3.63, 3.8) is 0 Å². The molecular formula is C13H25NO3. The van der Waals surface area contributed by atoms with E-state index >= 15 is 0 Å². The average molecular weight is 243 g/mol. The van der Waals surface area contributed by atoms with Crippen LogP contribution >= 0.6 is 0 Å². The lowest BCUT2D eigenvalue weighted by Gasteiger charge is -2.32. The van der Waals surface area contributed by atoms with Gasteiger partial charge in [-0.15, -0.1) is 0 Å². The summed E-state index contributed by atoms with van der Waals surface area (Å²) >= 11 is 0. The van der Waals surface area contributed by atoms with Gasteiger partial charge in [0.05, 0.1) is 13.7 Å². The molecule has 17 heavy (non-hydrogen) atoms. The number of aliphatic hydroxyl groups is 1. The molecule has 1 saturated carbocycles. The highest BCUT2D eigenvalue weighted by atomic mass is 16.5. The fraction of sp³-hybridized carbons (Fsp3) is 0.923. The maximum absolute atomic E-state index is 11.7. The zero-order valence-electron chi connectivity index (χ0n) is 11.0. The second-order valence-corrected chi connectivity index (χ2v) is 5.01. The Labute approximate surface area is 104 Å². The lowest BCUT2D eigenvalue weighted by molar-refractivity contribution is -0.144. The van der Waals surface area contributed by atoms with Crippen molar-refractivity contribution in [1.29, 1.82) is 0 Å². The van der Waals surface area contributed by atoms with Crippen LogP contribution in [0.5, 0.6) is 0 Å². The zero-order chi connectivity index (χ0) is 12.7. The van der Waals surface area contributed by atoms with E-state index in [9.17, 15) is 9.90 Å². The molecule has 0 amide bonds. The third kappa shape index (κ3) is 3.96. The summed E-state index contributed by atoms with van der Waals surface area (Å²) in [4.78, 5) is 11.7. The van der Waals surface area contributed by atoms with Crippen molar-refractivity contribution in [2.24, 2.45) is 0 Å². The highest BCUT2D eigenvalue weighted by Gasteiger charge is 2.36. The van der Waals surface area contributed by atoms with Gasteiger partial charge in [-0.1, -0.05) is 32.6 Å². The first-order valence-corrected chi connectivity index (χ1v) is 6.64. The summed E-state index contributed by atoms with van der Waals surface area (Å²) in [5, 5.41) is 12.9. The van der Waals surface area contributed by atoms with E-state index < -0.39 is 0 Å². The van der Waals surface area contributed by atoms with E-state index in [2.05, 4.69) is 12.2 Å². The quantitative estimate of drug-likeness (QED) is 0.667. The van der Waals surface area contributed by atoms with E-state index in [1.165, 1.54) is 7.11 Å². The first-order valence-electron chi connectivity index (χ1n) is 6.64. The standard InChI is InChI=1S/C13H25NO3/c1-3-4-7-11(12(16)17-2)14-13(10-15)8-5-6-9-13/h11,14-15H,3-10H2,1-2H3. The van der Waals surface area contributed by atoms with Crippen molar-refractivity contribution in [2.45, 2.75) is 63.5 Å². The number of carbonyl (C=O) groups is 1. The number of carbonyl (C=O) groups excluding carboxylic acids is 1. The largest absolute Gasteiger partial charge is 0.468 e. The summed E-state index contributed by atoms with van der Waals surface area (Å²) in [6.07, 6.45) is 6.97. The fourth-order valence-electron chi connectivity index (χ4n) is 2.57. The molecule has 100 valence electrons. The number of hydrogen-bond acceptors (Lipinski definition) is 4. The van der Waals surface area contributed by atoms with Crippen LogP contribution in [0.4, 0.5) is 0 Å². The number of nitrogens with one attached hydrogen (secondary N) is 1. The number of esters is 1. The van der Waals surface area contributed by atoms with Crippen LogP contribution in [0.3, 0.4) is 0 Å². The van der Waals surface area contributed by atoms with Gasteiger partial charge >= 0.3 is 5.97 Å². The molecule has 1 rings (SSSR count). The van der Waals surface area contributed by atoms with Gasteiger partial charge in [-0.2, -0.15) is 0 Å². The number of rotatable bonds is 7. The second kappa shape index (κ2) is 6.97. The van der Waals surface area contributed by atoms with E-state index in [-0.39, 0.29) is 24.2 Å². The Morgan fingerprint density at radius 3 is 2.59 bits per heavy atom. The summed E-state index contributed by atoms with van der Waals surface area (Å²) in [6, 6.07) is -0.273. The molecule has 1 aliphatic carbocycles. The summed E-state index contributed by atoms with van der Waals surface area (Å²) in [7, 11) is 1.42. The van der Waals surface area contributed by atoms with Crippen LogP contribution in [0.25, 0.3) is 0 Å². The SMILES string of the molecule is CCCCC(NC1(CO)CCCC1)C(=O)OC. The molecule has 1 atom stereocenters. The Morgan fingerprint density at radius 2 is 2.12 bits per heavy atom. The van der Waals surface area contributed by atoms with Crippen LogP contribution in [-0.4, -0.2) is 36.4 Å². The zero-order valence-corrected chi connectivity index (χ0v) is 11.0. The molecule has 0 saturated heterocycles. The minimum absolute atomic E-state index is 0.104. The van der Waals surface area contributed by atoms with Crippen LogP contribution in [0.2, 0.25) is 0 Å². The van der Waals surface area contributed by atoms with E-state index in [0.717, 1.165) is 44.9 Å². The normalized spacial score (nSPS) is 20.2. The van der Waals surface area contributed by atoms with Gasteiger partial charge in [-0.25, -0.2) is 0 Å². The first kappa shape index (κ1) is 14.5. The molecule has 1 fully saturated rings. The average Bonchev–Trinajstić information content (AvgIpc) is 2.82. The molecule has 2 N–H and O–H groups in total. The first-order chi connectivity index (χ1) is 8.17. The summed E-state index contributed by atoms with van der Waals surface area (Å²) in [6.45, 7) is 2.21. The number of unbranched alkanes of at least 4 members (excludes halogenated alkanes) is 1. The maximum Gasteiger partial charge on any atom is 0.322 e. The minimum atomic E-state index is -0.273. The second-order valence-electron chi connectivity index (χ2n) is 5.01. The molecule has 0 spiro atoms. The van der Waals surface area contributed by atoms with Crippen molar-refractivity contribution >= 4 is 5.97 Å². The Kier molecular flexibility index (Phi) is 5.92. The number of hydrogen-bond donors (Lipinski definition) is 2. The van der Waals surface area contributed by atoms with Gasteiger partial charge in [0.15, 0.2) is 0 Å². The van der Waals surface area contributed by atoms with Gasteiger partial charge in [0, 0.05) is 5.54 Å². The molecule has 0 heterocycles. The lowest BCUT2D eigenvalue weighted by atomic mass is 9.96. The number of methoxy groups -OCH3 is 1. The van der Waals surface area contributed by atoms with Crippen LogP contribution in [-0.2, 0) is 9.53 Å². The molecule has 0 aromatic carbocycles. The Hall–Kier alpha value is -0.610. The summed E-state index contributed by atoms with van der Waals surface area (Å²) in [5.41, 5.74) is -0.257. The molecule has 0 aromatic rings. The Balaban J connectivity index is 2.59. The molecule has 0 aromatic heterocycles. The van der Waals surface area contributed by atoms with Gasteiger partial charge in [-0.3, -0.25) is 10.1 Å². The molecule has 0 bridgehead atoms. The van der Waals surface area contributed by atoms with Gasteiger partial charge in [-0.05, 0) is 19.3 Å². The van der Waals surface area contributed by atoms with Gasteiger partial charge in [0.1, 0.15) is 6.04 Å². The molecule has 1 unspecified atom stereocenters. The molecule has 4 nitrogen and oxygen atoms in total. The van der Waals surface area contributed by atoms with Crippen molar-refractivity contribution in [2.75, 3.05) is 13.7 Å². The van der Waals surface area contributed by atoms with Gasteiger partial charge in [0.2, 0.25) is 0 Å². The molecule has 4 heteroatoms. The maximum atomic E-state index is 11.7. The number of ether oxygens (including phenoxy) is 1. The van der Waals surface area contributed by atoms with Gasteiger partial charge in [0.25, 0.3) is 0 Å². The van der Waals surface area contributed by atoms with Gasteiger partial charge < -0.3 is 9.84 Å². The van der Waals surface area contributed by atoms with E-state index in [1.807, 2.05) is 0 Å². The molecule has 0 radical (unpaired) electrons. The smallest absolute Gasteiger partial charge is 0.322 e. The highest BCUT2D eigenvalue weighted by Crippen LogP contribution is 2.30. The van der Waals surface area contributed by atoms with E-state index in [4.69, 9.17) is 4.74 Å². The molecule has 1 aliphatic rings. The van der Waals surface area contributed by atoms with Crippen LogP contribution in [0, 0.1) is 0 Å². The van der Waals surface area contributed by atoms with E-state index in [1.54, 1.807) is 0 Å². The van der Waals surface area contributed by atoms with Crippen LogP contribution in [0.15, 0.2) is 0 Å². The Morgan fingerprint density at radius 1 is 1.47 bits per heavy atom. The third-order valence-electron chi connectivity index (χ3n) is 3.68. The summed E-state index contributed by atoms with van der Waals surface area (Å²) < 4.78 is 4.83. The molecule has 0 aliphatic heterocycles. The van der Waals surface area contributed by atoms with Crippen LogP contribution < -0.4 is 5.32 Å². The monoisotopic (exact) mass is 243 g/mol. The minimum Gasteiger partial charge on any atom is -0.468 e. The lowest BCUT2D eigenvalue weighted by Crippen LogP contribution is -2.54.